The lowest BCUT2D eigenvalue weighted by molar-refractivity contribution is 0.227. The van der Waals surface area contributed by atoms with E-state index in [1.165, 1.54) is 0 Å². The minimum Gasteiger partial charge on any atom is -0.508 e. The zero-order valence-corrected chi connectivity index (χ0v) is 49.9. The summed E-state index contributed by atoms with van der Waals surface area (Å²) < 4.78 is 62.8. The maximum atomic E-state index is 9.67. The first-order valence-corrected chi connectivity index (χ1v) is 29.7. The monoisotopic (exact) mass is 1220 g/mol. The van der Waals surface area contributed by atoms with Gasteiger partial charge in [0.15, 0.2) is 11.5 Å². The van der Waals surface area contributed by atoms with Crippen LogP contribution in [0.3, 0.4) is 0 Å². The Kier molecular flexibility index (Phi) is 21.0. The average molecular weight is 1220 g/mol. The molecule has 0 bridgehead atoms. The zero-order valence-electron chi connectivity index (χ0n) is 49.9. The Morgan fingerprint density at radius 3 is 0.582 bits per heavy atom. The van der Waals surface area contributed by atoms with E-state index in [0.29, 0.717) is 79.9 Å². The van der Waals surface area contributed by atoms with Crippen molar-refractivity contribution in [2.24, 2.45) is 0 Å². The Balaban J connectivity index is 0.762. The van der Waals surface area contributed by atoms with Crippen molar-refractivity contribution < 1.29 is 67.8 Å². The minimum atomic E-state index is -0.0740. The average Bonchev–Trinajstić information content (AvgIpc) is 3.41. The number of aromatic hydroxyl groups is 3. The third-order valence-corrected chi connectivity index (χ3v) is 14.5. The van der Waals surface area contributed by atoms with E-state index in [-0.39, 0.29) is 50.3 Å². The highest BCUT2D eigenvalue weighted by molar-refractivity contribution is 5.54. The Morgan fingerprint density at radius 2 is 0.363 bits per heavy atom. The van der Waals surface area contributed by atoms with Gasteiger partial charge in [0, 0.05) is 0 Å². The molecule has 0 saturated heterocycles. The number of phenolic OH excluding ortho intramolecular Hbond substituents is 3. The summed E-state index contributed by atoms with van der Waals surface area (Å²) in [6.45, 7) is 2.90. The molecule has 0 heterocycles. The molecule has 14 heteroatoms. The summed E-state index contributed by atoms with van der Waals surface area (Å²) in [7, 11) is 0. The Labute approximate surface area is 528 Å². The van der Waals surface area contributed by atoms with Crippen molar-refractivity contribution in [2.75, 3.05) is 0 Å². The topological polar surface area (TPSA) is 173 Å². The lowest BCUT2D eigenvalue weighted by atomic mass is 10.1. The van der Waals surface area contributed by atoms with Gasteiger partial charge >= 0.3 is 0 Å². The number of hydrogen-bond acceptors (Lipinski definition) is 14. The fraction of sp³-hybridized carbons (Fsp3) is 0.143. The number of hydrogen-bond donors (Lipinski definition) is 4. The van der Waals surface area contributed by atoms with E-state index in [9.17, 15) is 20.4 Å². The number of ether oxygens (including phenoxy) is 10. The molecule has 11 aromatic carbocycles. The summed E-state index contributed by atoms with van der Waals surface area (Å²) in [6.07, 6.45) is 0. The van der Waals surface area contributed by atoms with E-state index in [1.807, 2.05) is 218 Å². The second kappa shape index (κ2) is 31.1. The van der Waals surface area contributed by atoms with Gasteiger partial charge in [-0.15, -0.1) is 0 Å². The van der Waals surface area contributed by atoms with Gasteiger partial charge < -0.3 is 67.8 Å². The molecule has 14 nitrogen and oxygen atoms in total. The Hall–Kier alpha value is -11.2. The van der Waals surface area contributed by atoms with Crippen molar-refractivity contribution in [1.82, 2.24) is 0 Å². The maximum absolute atomic E-state index is 9.67. The van der Waals surface area contributed by atoms with Gasteiger partial charge in [0.05, 0.1) is 6.61 Å². The van der Waals surface area contributed by atoms with Crippen molar-refractivity contribution in [3.05, 3.63) is 316 Å². The smallest absolute Gasteiger partial charge is 0.203 e. The van der Waals surface area contributed by atoms with E-state index >= 15 is 0 Å². The molecule has 0 aromatic heterocycles. The van der Waals surface area contributed by atoms with E-state index in [1.54, 1.807) is 36.4 Å². The SMILES string of the molecule is OCc1ccc(OCc2cc(OCc3ccc(OCc4ccc(OCc5ccc(O)cc5)cc4)cc3)c(OCc3ccc(OCc4ccc(OCc5ccc(O)cc5)cc4)cc3)c(OCc3ccc(OCc4ccc(OCc5ccc(O)cc5)cc4)cc3)c2)cc1. The first-order valence-electron chi connectivity index (χ1n) is 29.7. The summed E-state index contributed by atoms with van der Waals surface area (Å²) in [5.74, 6) is 6.85. The Morgan fingerprint density at radius 1 is 0.187 bits per heavy atom. The predicted octanol–water partition coefficient (Wildman–Crippen LogP) is 16.1. The quantitative estimate of drug-likeness (QED) is 0.0323. The van der Waals surface area contributed by atoms with Gasteiger partial charge in [-0.1, -0.05) is 121 Å². The molecule has 0 spiro atoms. The normalized spacial score (nSPS) is 10.9. The van der Waals surface area contributed by atoms with Gasteiger partial charge in [-0.25, -0.2) is 0 Å². The number of rotatable bonds is 31. The first-order chi connectivity index (χ1) is 44.6. The molecule has 0 aliphatic rings. The van der Waals surface area contributed by atoms with Crippen LogP contribution >= 0.6 is 0 Å². The second-order valence-electron chi connectivity index (χ2n) is 21.5. The van der Waals surface area contributed by atoms with Gasteiger partial charge in [-0.05, 0) is 195 Å². The van der Waals surface area contributed by atoms with Crippen LogP contribution in [0.1, 0.15) is 61.2 Å². The van der Waals surface area contributed by atoms with E-state index in [0.717, 1.165) is 78.4 Å². The summed E-state index contributed by atoms with van der Waals surface area (Å²) in [5, 5.41) is 38.5. The largest absolute Gasteiger partial charge is 0.508 e. The number of phenols is 3. The molecule has 91 heavy (non-hydrogen) atoms. The van der Waals surface area contributed by atoms with Crippen molar-refractivity contribution in [2.45, 2.75) is 72.7 Å². The molecular formula is C77H68O14. The van der Waals surface area contributed by atoms with Crippen LogP contribution in [0.4, 0.5) is 0 Å². The van der Waals surface area contributed by atoms with Gasteiger partial charge in [0.1, 0.15) is 124 Å². The maximum Gasteiger partial charge on any atom is 0.203 e. The molecule has 11 aromatic rings. The lowest BCUT2D eigenvalue weighted by Gasteiger charge is -2.19. The highest BCUT2D eigenvalue weighted by Crippen LogP contribution is 2.41. The number of aliphatic hydroxyl groups is 1. The molecule has 460 valence electrons. The fourth-order valence-corrected chi connectivity index (χ4v) is 9.27. The van der Waals surface area contributed by atoms with E-state index in [2.05, 4.69) is 0 Å². The highest BCUT2D eigenvalue weighted by Gasteiger charge is 2.19. The van der Waals surface area contributed by atoms with Crippen LogP contribution in [0.2, 0.25) is 0 Å². The summed E-state index contributed by atoms with van der Waals surface area (Å²) in [6, 6.07) is 78.5. The van der Waals surface area contributed by atoms with Crippen LogP contribution in [-0.4, -0.2) is 20.4 Å². The van der Waals surface area contributed by atoms with E-state index < -0.39 is 0 Å². The van der Waals surface area contributed by atoms with Gasteiger partial charge in [0.2, 0.25) is 5.75 Å². The first kappa shape index (κ1) is 61.4. The van der Waals surface area contributed by atoms with Crippen LogP contribution in [0.5, 0.6) is 74.7 Å². The molecule has 0 aliphatic carbocycles. The van der Waals surface area contributed by atoms with Crippen LogP contribution in [0.15, 0.2) is 255 Å². The zero-order chi connectivity index (χ0) is 62.4. The standard InChI is InChI=1S/C77H68O14/c78-43-54-7-27-68(28-8-54)88-53-64-41-75(89-50-61-15-35-72(36-16-61)85-47-58-9-29-69(30-10-58)82-44-55-1-21-65(79)22-2-55)77(91-52-63-19-39-74(40-20-63)87-49-60-13-33-71(34-14-60)84-46-57-5-25-67(81)26-6-57)76(42-64)90-51-62-17-37-73(38-18-62)86-48-59-11-31-70(32-12-59)83-45-56-3-23-66(80)24-4-56/h1-42,78-81H,43-53H2. The van der Waals surface area contributed by atoms with Gasteiger partial charge in [-0.3, -0.25) is 0 Å². The van der Waals surface area contributed by atoms with Crippen LogP contribution in [0, 0.1) is 0 Å². The predicted molar refractivity (Wildman–Crippen MR) is 345 cm³/mol. The highest BCUT2D eigenvalue weighted by atomic mass is 16.5. The van der Waals surface area contributed by atoms with Crippen molar-refractivity contribution >= 4 is 0 Å². The second-order valence-corrected chi connectivity index (χ2v) is 21.5. The molecule has 11 rings (SSSR count). The Bertz CT molecular complexity index is 3830. The third kappa shape index (κ3) is 18.9. The third-order valence-electron chi connectivity index (χ3n) is 14.5. The number of benzene rings is 11. The molecule has 0 amide bonds. The van der Waals surface area contributed by atoms with Gasteiger partial charge in [-0.2, -0.15) is 0 Å². The molecule has 0 fully saturated rings. The van der Waals surface area contributed by atoms with Gasteiger partial charge in [0.25, 0.3) is 0 Å². The van der Waals surface area contributed by atoms with E-state index in [4.69, 9.17) is 47.4 Å². The molecule has 0 radical (unpaired) electrons. The number of aliphatic hydroxyl groups excluding tert-OH is 1. The van der Waals surface area contributed by atoms with Crippen molar-refractivity contribution in [3.63, 3.8) is 0 Å². The van der Waals surface area contributed by atoms with Crippen molar-refractivity contribution in [1.29, 1.82) is 0 Å². The van der Waals surface area contributed by atoms with Crippen molar-refractivity contribution in [3.8, 4) is 74.7 Å². The molecule has 4 N–H and O–H groups in total. The molecule has 0 aliphatic heterocycles. The molecule has 0 saturated carbocycles. The summed E-state index contributed by atoms with van der Waals surface area (Å²) >= 11 is 0. The minimum absolute atomic E-state index is 0.0740. The molecular weight excluding hydrogens is 1150 g/mol. The lowest BCUT2D eigenvalue weighted by Crippen LogP contribution is -2.06. The van der Waals surface area contributed by atoms with Crippen LogP contribution < -0.4 is 47.4 Å². The molecule has 0 atom stereocenters. The fourth-order valence-electron chi connectivity index (χ4n) is 9.27. The summed E-state index contributed by atoms with van der Waals surface area (Å²) in [4.78, 5) is 0. The summed E-state index contributed by atoms with van der Waals surface area (Å²) in [5.41, 5.74) is 10.0. The van der Waals surface area contributed by atoms with Crippen LogP contribution in [-0.2, 0) is 72.7 Å². The molecule has 0 unspecified atom stereocenters. The van der Waals surface area contributed by atoms with Crippen LogP contribution in [0.25, 0.3) is 0 Å².